The van der Waals surface area contributed by atoms with Crippen LogP contribution in [-0.2, 0) is 0 Å². The van der Waals surface area contributed by atoms with Gasteiger partial charge in [-0.3, -0.25) is 4.99 Å². The van der Waals surface area contributed by atoms with Gasteiger partial charge in [0.05, 0.1) is 17.9 Å². The normalized spacial score (nSPS) is 18.6. The van der Waals surface area contributed by atoms with Crippen molar-refractivity contribution >= 4 is 22.4 Å². The van der Waals surface area contributed by atoms with Crippen LogP contribution in [0.4, 0.5) is 5.69 Å². The van der Waals surface area contributed by atoms with Crippen molar-refractivity contribution in [1.82, 2.24) is 9.55 Å². The van der Waals surface area contributed by atoms with Crippen molar-refractivity contribution in [3.63, 3.8) is 0 Å². The lowest BCUT2D eigenvalue weighted by Gasteiger charge is -2.16. The average Bonchev–Trinajstić information content (AvgIpc) is 2.95. The number of allylic oxidation sites excluding steroid dienone is 4. The fourth-order valence-corrected chi connectivity index (χ4v) is 2.66. The number of pyridine rings is 1. The Balaban J connectivity index is 2.06. The van der Waals surface area contributed by atoms with Crippen LogP contribution in [0.1, 0.15) is 38.3 Å². The molecule has 1 aliphatic carbocycles. The van der Waals surface area contributed by atoms with Gasteiger partial charge in [-0.2, -0.15) is 0 Å². The molecule has 0 saturated heterocycles. The predicted molar refractivity (Wildman–Crippen MR) is 89.5 cm³/mol. The molecule has 3 rings (SSSR count). The maximum Gasteiger partial charge on any atom is 0.140 e. The Morgan fingerprint density at radius 3 is 3.00 bits per heavy atom. The maximum atomic E-state index is 4.67. The minimum Gasteiger partial charge on any atom is -0.325 e. The number of aromatic nitrogens is 2. The van der Waals surface area contributed by atoms with E-state index in [1.54, 1.807) is 0 Å². The summed E-state index contributed by atoms with van der Waals surface area (Å²) in [6.07, 6.45) is 14.7. The van der Waals surface area contributed by atoms with E-state index in [0.29, 0.717) is 6.04 Å². The number of aryl methyl sites for hydroxylation is 1. The Bertz CT molecular complexity index is 747. The molecule has 0 aliphatic heterocycles. The fraction of sp³-hybridized carbons (Fsp3) is 0.333. The van der Waals surface area contributed by atoms with Crippen LogP contribution in [0.2, 0.25) is 0 Å². The highest BCUT2D eigenvalue weighted by Crippen LogP contribution is 2.30. The van der Waals surface area contributed by atoms with Gasteiger partial charge in [-0.15, -0.1) is 0 Å². The highest BCUT2D eigenvalue weighted by atomic mass is 15.1. The molecule has 0 radical (unpaired) electrons. The molecule has 1 unspecified atom stereocenters. The maximum absolute atomic E-state index is 4.67. The molecule has 2 aromatic rings. The van der Waals surface area contributed by atoms with Crippen LogP contribution in [0.3, 0.4) is 0 Å². The third-order valence-electron chi connectivity index (χ3n) is 4.12. The number of rotatable bonds is 3. The van der Waals surface area contributed by atoms with Crippen molar-refractivity contribution in [2.45, 2.75) is 39.7 Å². The lowest BCUT2D eigenvalue weighted by atomic mass is 10.1. The van der Waals surface area contributed by atoms with Crippen molar-refractivity contribution in [3.05, 3.63) is 48.3 Å². The average molecular weight is 279 g/mol. The summed E-state index contributed by atoms with van der Waals surface area (Å²) in [6, 6.07) is 2.52. The van der Waals surface area contributed by atoms with Crippen LogP contribution >= 0.6 is 0 Å². The number of aliphatic imine (C=N–C) groups is 1. The summed E-state index contributed by atoms with van der Waals surface area (Å²) in [5.41, 5.74) is 4.38. The molecule has 2 aromatic heterocycles. The molecule has 0 N–H and O–H groups in total. The van der Waals surface area contributed by atoms with Crippen LogP contribution in [0.5, 0.6) is 0 Å². The van der Waals surface area contributed by atoms with E-state index in [0.717, 1.165) is 29.9 Å². The molecule has 21 heavy (non-hydrogen) atoms. The second-order valence-corrected chi connectivity index (χ2v) is 5.55. The van der Waals surface area contributed by atoms with Gasteiger partial charge in [0.1, 0.15) is 5.65 Å². The highest BCUT2D eigenvalue weighted by molar-refractivity contribution is 5.88. The monoisotopic (exact) mass is 279 g/mol. The number of hydrogen-bond donors (Lipinski definition) is 0. The Kier molecular flexibility index (Phi) is 3.74. The van der Waals surface area contributed by atoms with Crippen LogP contribution in [0.25, 0.3) is 11.0 Å². The first-order valence-electron chi connectivity index (χ1n) is 7.54. The zero-order valence-electron chi connectivity index (χ0n) is 12.9. The van der Waals surface area contributed by atoms with Gasteiger partial charge in [-0.1, -0.05) is 31.2 Å². The molecule has 0 saturated carbocycles. The minimum absolute atomic E-state index is 0.367. The highest BCUT2D eigenvalue weighted by Gasteiger charge is 2.14. The zero-order chi connectivity index (χ0) is 14.8. The van der Waals surface area contributed by atoms with Gasteiger partial charge in [0.25, 0.3) is 0 Å². The number of fused-ring (bicyclic) bond motifs is 1. The molecule has 0 amide bonds. The molecule has 0 spiro atoms. The Morgan fingerprint density at radius 2 is 2.29 bits per heavy atom. The van der Waals surface area contributed by atoms with Crippen molar-refractivity contribution in [2.24, 2.45) is 4.99 Å². The molecule has 0 fully saturated rings. The van der Waals surface area contributed by atoms with Crippen LogP contribution in [-0.4, -0.2) is 15.3 Å². The van der Waals surface area contributed by atoms with Crippen LogP contribution < -0.4 is 0 Å². The summed E-state index contributed by atoms with van der Waals surface area (Å²) in [6.45, 7) is 6.32. The van der Waals surface area contributed by atoms with E-state index in [2.05, 4.69) is 71.9 Å². The lowest BCUT2D eigenvalue weighted by Crippen LogP contribution is -2.06. The summed E-state index contributed by atoms with van der Waals surface area (Å²) in [7, 11) is 0. The van der Waals surface area contributed by atoms with Gasteiger partial charge in [0, 0.05) is 17.3 Å². The topological polar surface area (TPSA) is 30.2 Å². The van der Waals surface area contributed by atoms with Gasteiger partial charge in [0.2, 0.25) is 0 Å². The summed E-state index contributed by atoms with van der Waals surface area (Å²) >= 11 is 0. The second-order valence-electron chi connectivity index (χ2n) is 5.55. The summed E-state index contributed by atoms with van der Waals surface area (Å²) < 4.78 is 2.25. The standard InChI is InChI=1S/C18H21N3/c1-4-13(2)20-17-12-19-18-16(14(17)3)10-11-21(18)15-8-6-5-7-9-15/h5-8,10-12,15H,4,9H2,1-3H3/b20-13+. The third kappa shape index (κ3) is 2.56. The molecule has 1 aliphatic rings. The smallest absolute Gasteiger partial charge is 0.140 e. The molecule has 2 heterocycles. The van der Waals surface area contributed by atoms with E-state index in [9.17, 15) is 0 Å². The van der Waals surface area contributed by atoms with Crippen LogP contribution in [0, 0.1) is 6.92 Å². The largest absolute Gasteiger partial charge is 0.325 e. The van der Waals surface area contributed by atoms with Crippen molar-refractivity contribution in [1.29, 1.82) is 0 Å². The van der Waals surface area contributed by atoms with E-state index < -0.39 is 0 Å². The van der Waals surface area contributed by atoms with E-state index in [4.69, 9.17) is 0 Å². The SMILES string of the molecule is CC/C(C)=N/c1cnc2c(ccn2C2C=CC=CC2)c1C. The van der Waals surface area contributed by atoms with Gasteiger partial charge in [-0.25, -0.2) is 4.98 Å². The third-order valence-corrected chi connectivity index (χ3v) is 4.12. The Hall–Kier alpha value is -2.16. The van der Waals surface area contributed by atoms with E-state index >= 15 is 0 Å². The lowest BCUT2D eigenvalue weighted by molar-refractivity contribution is 0.624. The molecule has 3 nitrogen and oxygen atoms in total. The second kappa shape index (κ2) is 5.68. The van der Waals surface area contributed by atoms with E-state index in [1.165, 1.54) is 10.9 Å². The molecular weight excluding hydrogens is 258 g/mol. The van der Waals surface area contributed by atoms with Gasteiger partial charge in [-0.05, 0) is 38.3 Å². The first-order chi connectivity index (χ1) is 10.2. The van der Waals surface area contributed by atoms with Crippen LogP contribution in [0.15, 0.2) is 47.8 Å². The minimum atomic E-state index is 0.367. The van der Waals surface area contributed by atoms with Crippen molar-refractivity contribution < 1.29 is 0 Å². The fourth-order valence-electron chi connectivity index (χ4n) is 2.66. The predicted octanol–water partition coefficient (Wildman–Crippen LogP) is 4.90. The Morgan fingerprint density at radius 1 is 1.43 bits per heavy atom. The van der Waals surface area contributed by atoms with Gasteiger partial charge >= 0.3 is 0 Å². The molecule has 1 atom stereocenters. The quantitative estimate of drug-likeness (QED) is 0.735. The number of hydrogen-bond acceptors (Lipinski definition) is 2. The zero-order valence-corrected chi connectivity index (χ0v) is 12.9. The molecule has 108 valence electrons. The Labute approximate surface area is 125 Å². The molecule has 0 bridgehead atoms. The van der Waals surface area contributed by atoms with E-state index in [-0.39, 0.29) is 0 Å². The summed E-state index contributed by atoms with van der Waals surface area (Å²) in [5.74, 6) is 0. The first-order valence-corrected chi connectivity index (χ1v) is 7.54. The number of nitrogens with zero attached hydrogens (tertiary/aromatic N) is 3. The van der Waals surface area contributed by atoms with E-state index in [1.807, 2.05) is 6.20 Å². The van der Waals surface area contributed by atoms with Crippen molar-refractivity contribution in [3.8, 4) is 0 Å². The molecular formula is C18H21N3. The first kappa shape index (κ1) is 13.8. The summed E-state index contributed by atoms with van der Waals surface area (Å²) in [4.78, 5) is 9.33. The molecule has 0 aromatic carbocycles. The van der Waals surface area contributed by atoms with Crippen molar-refractivity contribution in [2.75, 3.05) is 0 Å². The molecule has 3 heteroatoms. The van der Waals surface area contributed by atoms with Gasteiger partial charge < -0.3 is 4.57 Å². The van der Waals surface area contributed by atoms with Gasteiger partial charge in [0.15, 0.2) is 0 Å². The summed E-state index contributed by atoms with van der Waals surface area (Å²) in [5, 5.41) is 1.20.